The van der Waals surface area contributed by atoms with Crippen molar-refractivity contribution in [3.8, 4) is 0 Å². The summed E-state index contributed by atoms with van der Waals surface area (Å²) in [6.07, 6.45) is 23.2. The van der Waals surface area contributed by atoms with Gasteiger partial charge >= 0.3 is 0 Å². The molecule has 0 aromatic carbocycles. The Morgan fingerprint density at radius 3 is 1.56 bits per heavy atom. The third kappa shape index (κ3) is 20.7. The summed E-state index contributed by atoms with van der Waals surface area (Å²) in [5.41, 5.74) is -0.283. The number of unbranched alkanes of at least 4 members (excludes halogenated alkanes) is 13. The molecule has 0 saturated carbocycles. The lowest BCUT2D eigenvalue weighted by molar-refractivity contribution is -0.142. The fourth-order valence-corrected chi connectivity index (χ4v) is 4.63. The van der Waals surface area contributed by atoms with Gasteiger partial charge in [0.25, 0.3) is 0 Å². The zero-order valence-electron chi connectivity index (χ0n) is 24.1. The number of carbonyl (C=O) groups excluding carboxylic acids is 1. The monoisotopic (exact) mass is 487 g/mol. The van der Waals surface area contributed by atoms with E-state index in [9.17, 15) is 9.18 Å². The number of alkyl halides is 1. The molecule has 0 unspecified atom stereocenters. The SMILES string of the molecule is CCCCCCCCC(CCCCCCCC)N(C)C(=O)C(C)(C)CCCCCCO.CCF. The molecule has 34 heavy (non-hydrogen) atoms. The molecule has 0 spiro atoms. The van der Waals surface area contributed by atoms with Crippen LogP contribution in [0.5, 0.6) is 0 Å². The van der Waals surface area contributed by atoms with Crippen LogP contribution in [0.25, 0.3) is 0 Å². The highest BCUT2D eigenvalue weighted by Crippen LogP contribution is 2.29. The van der Waals surface area contributed by atoms with Crippen molar-refractivity contribution < 1.29 is 14.3 Å². The van der Waals surface area contributed by atoms with Crippen LogP contribution in [0, 0.1) is 5.41 Å². The average molecular weight is 488 g/mol. The highest BCUT2D eigenvalue weighted by atomic mass is 19.1. The van der Waals surface area contributed by atoms with Gasteiger partial charge in [0.2, 0.25) is 5.91 Å². The van der Waals surface area contributed by atoms with Crippen LogP contribution in [0.3, 0.4) is 0 Å². The lowest BCUT2D eigenvalue weighted by Crippen LogP contribution is -2.44. The van der Waals surface area contributed by atoms with Crippen molar-refractivity contribution in [2.75, 3.05) is 20.3 Å². The minimum atomic E-state index is -0.283. The van der Waals surface area contributed by atoms with Crippen molar-refractivity contribution in [1.82, 2.24) is 4.90 Å². The highest BCUT2D eigenvalue weighted by molar-refractivity contribution is 5.82. The molecule has 0 heterocycles. The third-order valence-corrected chi connectivity index (χ3v) is 6.94. The van der Waals surface area contributed by atoms with Crippen LogP contribution >= 0.6 is 0 Å². The van der Waals surface area contributed by atoms with Crippen LogP contribution in [0.2, 0.25) is 0 Å². The summed E-state index contributed by atoms with van der Waals surface area (Å²) in [4.78, 5) is 15.5. The Balaban J connectivity index is 0. The van der Waals surface area contributed by atoms with Crippen molar-refractivity contribution in [3.63, 3.8) is 0 Å². The summed E-state index contributed by atoms with van der Waals surface area (Å²) >= 11 is 0. The van der Waals surface area contributed by atoms with Crippen LogP contribution < -0.4 is 0 Å². The van der Waals surface area contributed by atoms with E-state index in [1.54, 1.807) is 0 Å². The molecule has 0 bridgehead atoms. The van der Waals surface area contributed by atoms with Crippen molar-refractivity contribution in [1.29, 1.82) is 0 Å². The molecule has 0 fully saturated rings. The van der Waals surface area contributed by atoms with Gasteiger partial charge in [0, 0.05) is 25.1 Å². The molecule has 0 aromatic rings. The maximum absolute atomic E-state index is 13.4. The summed E-state index contributed by atoms with van der Waals surface area (Å²) in [7, 11) is 2.06. The van der Waals surface area contributed by atoms with Gasteiger partial charge in [0.1, 0.15) is 0 Å². The maximum Gasteiger partial charge on any atom is 0.228 e. The normalized spacial score (nSPS) is 11.4. The van der Waals surface area contributed by atoms with Crippen LogP contribution in [-0.2, 0) is 4.79 Å². The van der Waals surface area contributed by atoms with E-state index in [0.29, 0.717) is 11.9 Å². The van der Waals surface area contributed by atoms with Gasteiger partial charge in [-0.25, -0.2) is 0 Å². The van der Waals surface area contributed by atoms with E-state index in [2.05, 4.69) is 39.6 Å². The van der Waals surface area contributed by atoms with Crippen LogP contribution in [0.4, 0.5) is 4.39 Å². The molecular weight excluding hydrogens is 425 g/mol. The van der Waals surface area contributed by atoms with Gasteiger partial charge in [-0.2, -0.15) is 0 Å². The van der Waals surface area contributed by atoms with E-state index < -0.39 is 0 Å². The molecule has 4 heteroatoms. The average Bonchev–Trinajstić information content (AvgIpc) is 2.81. The van der Waals surface area contributed by atoms with Gasteiger partial charge in [-0.15, -0.1) is 0 Å². The quantitative estimate of drug-likeness (QED) is 0.155. The molecule has 0 aliphatic rings. The predicted octanol–water partition coefficient (Wildman–Crippen LogP) is 9.26. The largest absolute Gasteiger partial charge is 0.396 e. The third-order valence-electron chi connectivity index (χ3n) is 6.94. The first-order valence-electron chi connectivity index (χ1n) is 14.8. The predicted molar refractivity (Wildman–Crippen MR) is 148 cm³/mol. The van der Waals surface area contributed by atoms with E-state index in [1.165, 1.54) is 84.0 Å². The molecule has 0 aromatic heterocycles. The van der Waals surface area contributed by atoms with Crippen LogP contribution in [0.15, 0.2) is 0 Å². The Labute approximate surface area is 213 Å². The molecule has 206 valence electrons. The molecule has 3 nitrogen and oxygen atoms in total. The van der Waals surface area contributed by atoms with Gasteiger partial charge in [0.05, 0.1) is 6.67 Å². The molecule has 0 aliphatic heterocycles. The Bertz CT molecular complexity index is 412. The number of rotatable bonds is 22. The zero-order chi connectivity index (χ0) is 26.1. The van der Waals surface area contributed by atoms with E-state index in [4.69, 9.17) is 5.11 Å². The van der Waals surface area contributed by atoms with Gasteiger partial charge in [-0.05, 0) is 32.6 Å². The second-order valence-electron chi connectivity index (χ2n) is 10.7. The van der Waals surface area contributed by atoms with Crippen LogP contribution in [0.1, 0.15) is 157 Å². The molecule has 0 rings (SSSR count). The Kier molecular flexibility index (Phi) is 26.6. The molecule has 0 aliphatic carbocycles. The highest BCUT2D eigenvalue weighted by Gasteiger charge is 2.32. The summed E-state index contributed by atoms with van der Waals surface area (Å²) in [5.74, 6) is 0.330. The zero-order valence-corrected chi connectivity index (χ0v) is 24.1. The van der Waals surface area contributed by atoms with Gasteiger partial charge < -0.3 is 10.0 Å². The van der Waals surface area contributed by atoms with Crippen molar-refractivity contribution >= 4 is 5.91 Å². The Morgan fingerprint density at radius 1 is 0.735 bits per heavy atom. The van der Waals surface area contributed by atoms with E-state index >= 15 is 0 Å². The summed E-state index contributed by atoms with van der Waals surface area (Å²) in [6, 6.07) is 0.401. The first-order valence-corrected chi connectivity index (χ1v) is 14.8. The minimum Gasteiger partial charge on any atom is -0.396 e. The lowest BCUT2D eigenvalue weighted by atomic mass is 9.84. The Hall–Kier alpha value is -0.640. The fourth-order valence-electron chi connectivity index (χ4n) is 4.63. The van der Waals surface area contributed by atoms with E-state index in [-0.39, 0.29) is 18.7 Å². The first-order chi connectivity index (χ1) is 16.3. The maximum atomic E-state index is 13.4. The second-order valence-corrected chi connectivity index (χ2v) is 10.7. The molecule has 0 saturated heterocycles. The summed E-state index contributed by atoms with van der Waals surface area (Å²) in [5, 5.41) is 8.95. The van der Waals surface area contributed by atoms with Crippen LogP contribution in [-0.4, -0.2) is 42.3 Å². The number of aliphatic hydroxyl groups is 1. The molecule has 0 radical (unpaired) electrons. The number of carbonyl (C=O) groups is 1. The first kappa shape index (κ1) is 35.5. The summed E-state index contributed by atoms with van der Waals surface area (Å²) in [6.45, 7) is 10.3. The van der Waals surface area contributed by atoms with E-state index in [1.807, 2.05) is 0 Å². The van der Waals surface area contributed by atoms with Crippen molar-refractivity contribution in [3.05, 3.63) is 0 Å². The fraction of sp³-hybridized carbons (Fsp3) is 0.967. The number of hydrogen-bond donors (Lipinski definition) is 1. The number of halogens is 1. The second kappa shape index (κ2) is 25.5. The molecular formula is C30H62FNO2. The van der Waals surface area contributed by atoms with Gasteiger partial charge in [-0.1, -0.05) is 124 Å². The standard InChI is InChI=1S/C28H57NO2.C2H5F/c1-6-8-10-12-14-18-22-26(23-19-15-13-11-9-7-2)29(5)27(31)28(3,4)24-20-16-17-21-25-30;1-2-3/h26,30H,6-25H2,1-5H3;2H2,1H3. The topological polar surface area (TPSA) is 40.5 Å². The molecule has 0 atom stereocenters. The number of nitrogens with zero attached hydrogens (tertiary/aromatic N) is 1. The molecule has 1 N–H and O–H groups in total. The van der Waals surface area contributed by atoms with Gasteiger partial charge in [0.15, 0.2) is 0 Å². The van der Waals surface area contributed by atoms with Crippen molar-refractivity contribution in [2.45, 2.75) is 163 Å². The molecule has 1 amide bonds. The Morgan fingerprint density at radius 2 is 1.12 bits per heavy atom. The number of hydrogen-bond acceptors (Lipinski definition) is 2. The summed E-state index contributed by atoms with van der Waals surface area (Å²) < 4.78 is 10.3. The van der Waals surface area contributed by atoms with Gasteiger partial charge in [-0.3, -0.25) is 9.18 Å². The smallest absolute Gasteiger partial charge is 0.228 e. The minimum absolute atomic E-state index is 0.250. The lowest BCUT2D eigenvalue weighted by Gasteiger charge is -2.35. The number of amides is 1. The number of aliphatic hydroxyl groups excluding tert-OH is 1. The van der Waals surface area contributed by atoms with Crippen molar-refractivity contribution in [2.24, 2.45) is 5.41 Å². The van der Waals surface area contributed by atoms with E-state index in [0.717, 1.165) is 44.9 Å².